The van der Waals surface area contributed by atoms with Crippen molar-refractivity contribution in [2.75, 3.05) is 22.4 Å². The highest BCUT2D eigenvalue weighted by Crippen LogP contribution is 2.23. The lowest BCUT2D eigenvalue weighted by atomic mass is 9.97. The molecule has 0 radical (unpaired) electrons. The summed E-state index contributed by atoms with van der Waals surface area (Å²) in [4.78, 5) is 23.6. The number of nitrogens with zero attached hydrogens (tertiary/aromatic N) is 3. The number of rotatable bonds is 6. The smallest absolute Gasteiger partial charge is 0.253 e. The number of nitrogens with one attached hydrogen (secondary N) is 2. The third kappa shape index (κ3) is 5.48. The van der Waals surface area contributed by atoms with E-state index in [1.54, 1.807) is 30.3 Å². The van der Waals surface area contributed by atoms with Crippen LogP contribution in [-0.2, 0) is 16.6 Å². The van der Waals surface area contributed by atoms with E-state index in [1.807, 2.05) is 20.8 Å². The van der Waals surface area contributed by atoms with Crippen molar-refractivity contribution < 1.29 is 8.42 Å². The Morgan fingerprint density at radius 2 is 1.93 bits per heavy atom. The number of halogens is 1. The molecule has 30 heavy (non-hydrogen) atoms. The first kappa shape index (κ1) is 22.0. The van der Waals surface area contributed by atoms with Gasteiger partial charge in [-0.3, -0.25) is 9.10 Å². The Hall–Kier alpha value is -2.65. The molecule has 0 amide bonds. The van der Waals surface area contributed by atoms with Crippen LogP contribution >= 0.6 is 11.6 Å². The van der Waals surface area contributed by atoms with Crippen LogP contribution in [0, 0.1) is 5.41 Å². The second-order valence-corrected chi connectivity index (χ2v) is 10.6. The molecule has 2 aromatic heterocycles. The fourth-order valence-electron chi connectivity index (χ4n) is 2.90. The summed E-state index contributed by atoms with van der Waals surface area (Å²) in [6.45, 7) is 6.28. The van der Waals surface area contributed by atoms with Gasteiger partial charge in [0.2, 0.25) is 16.0 Å². The van der Waals surface area contributed by atoms with E-state index in [0.717, 1.165) is 11.6 Å². The average molecular weight is 450 g/mol. The standard InChI is InChI=1S/C20H24ClN5O3S/c1-20(2,3)12-26(30(4,28)29)17-7-8-22-19(25-17)23-11-14-9-13-10-15(21)5-6-16(13)24-18(14)27/h5-10H,11-12H2,1-4H3,(H,24,27)(H,22,23,25). The number of benzene rings is 1. The molecule has 0 aliphatic carbocycles. The van der Waals surface area contributed by atoms with E-state index < -0.39 is 10.0 Å². The predicted molar refractivity (Wildman–Crippen MR) is 121 cm³/mol. The minimum absolute atomic E-state index is 0.166. The van der Waals surface area contributed by atoms with E-state index in [9.17, 15) is 13.2 Å². The molecule has 0 spiro atoms. The Labute approximate surface area is 180 Å². The van der Waals surface area contributed by atoms with Crippen molar-refractivity contribution in [3.63, 3.8) is 0 Å². The third-order valence-electron chi connectivity index (χ3n) is 4.23. The number of hydrogen-bond acceptors (Lipinski definition) is 6. The largest absolute Gasteiger partial charge is 0.350 e. The van der Waals surface area contributed by atoms with Crippen LogP contribution in [-0.4, -0.2) is 36.2 Å². The van der Waals surface area contributed by atoms with Gasteiger partial charge in [0.25, 0.3) is 5.56 Å². The van der Waals surface area contributed by atoms with E-state index in [2.05, 4.69) is 20.3 Å². The zero-order valence-corrected chi connectivity index (χ0v) is 18.8. The van der Waals surface area contributed by atoms with Crippen LogP contribution in [0.15, 0.2) is 41.3 Å². The number of sulfonamides is 1. The van der Waals surface area contributed by atoms with Crippen LogP contribution in [0.3, 0.4) is 0 Å². The lowest BCUT2D eigenvalue weighted by Gasteiger charge is -2.29. The molecular formula is C20H24ClN5O3S. The summed E-state index contributed by atoms with van der Waals surface area (Å²) in [5, 5.41) is 4.37. The monoisotopic (exact) mass is 449 g/mol. The number of anilines is 2. The number of fused-ring (bicyclic) bond motifs is 1. The molecule has 160 valence electrons. The van der Waals surface area contributed by atoms with Gasteiger partial charge in [0, 0.05) is 46.8 Å². The summed E-state index contributed by atoms with van der Waals surface area (Å²) in [6, 6.07) is 8.52. The molecule has 3 rings (SSSR count). The van der Waals surface area contributed by atoms with Gasteiger partial charge in [-0.15, -0.1) is 0 Å². The molecular weight excluding hydrogens is 426 g/mol. The summed E-state index contributed by atoms with van der Waals surface area (Å²) in [7, 11) is -3.52. The highest BCUT2D eigenvalue weighted by molar-refractivity contribution is 7.92. The van der Waals surface area contributed by atoms with Crippen molar-refractivity contribution in [2.24, 2.45) is 5.41 Å². The van der Waals surface area contributed by atoms with E-state index in [1.165, 1.54) is 10.5 Å². The van der Waals surface area contributed by atoms with Crippen molar-refractivity contribution in [1.29, 1.82) is 0 Å². The van der Waals surface area contributed by atoms with Crippen molar-refractivity contribution in [3.05, 3.63) is 57.5 Å². The fourth-order valence-corrected chi connectivity index (χ4v) is 4.14. The van der Waals surface area contributed by atoms with Crippen LogP contribution in [0.5, 0.6) is 0 Å². The maximum Gasteiger partial charge on any atom is 0.253 e. The zero-order valence-electron chi connectivity index (χ0n) is 17.2. The van der Waals surface area contributed by atoms with Crippen molar-refractivity contribution in [3.8, 4) is 0 Å². The quantitative estimate of drug-likeness (QED) is 0.597. The molecule has 0 saturated heterocycles. The summed E-state index contributed by atoms with van der Waals surface area (Å²) in [6.07, 6.45) is 2.63. The van der Waals surface area contributed by atoms with Gasteiger partial charge < -0.3 is 10.3 Å². The molecule has 10 heteroatoms. The lowest BCUT2D eigenvalue weighted by molar-refractivity contribution is 0.425. The molecule has 0 bridgehead atoms. The molecule has 1 aromatic carbocycles. The Morgan fingerprint density at radius 1 is 1.20 bits per heavy atom. The van der Waals surface area contributed by atoms with Crippen LogP contribution in [0.1, 0.15) is 26.3 Å². The molecule has 0 aliphatic rings. The molecule has 2 heterocycles. The van der Waals surface area contributed by atoms with Gasteiger partial charge in [-0.05, 0) is 29.7 Å². The topological polar surface area (TPSA) is 108 Å². The summed E-state index contributed by atoms with van der Waals surface area (Å²) < 4.78 is 25.8. The van der Waals surface area contributed by atoms with Gasteiger partial charge in [0.1, 0.15) is 5.82 Å². The first-order valence-electron chi connectivity index (χ1n) is 9.28. The van der Waals surface area contributed by atoms with Crippen LogP contribution in [0.25, 0.3) is 10.9 Å². The van der Waals surface area contributed by atoms with Crippen LogP contribution in [0.4, 0.5) is 11.8 Å². The van der Waals surface area contributed by atoms with Gasteiger partial charge in [-0.1, -0.05) is 32.4 Å². The lowest BCUT2D eigenvalue weighted by Crippen LogP contribution is -2.37. The second kappa shape index (κ2) is 8.23. The second-order valence-electron chi connectivity index (χ2n) is 8.28. The van der Waals surface area contributed by atoms with Crippen LogP contribution in [0.2, 0.25) is 5.02 Å². The Kier molecular flexibility index (Phi) is 6.05. The Bertz CT molecular complexity index is 1240. The number of hydrogen-bond donors (Lipinski definition) is 2. The number of aromatic nitrogens is 3. The molecule has 0 atom stereocenters. The third-order valence-corrected chi connectivity index (χ3v) is 5.59. The molecule has 0 unspecified atom stereocenters. The Morgan fingerprint density at radius 3 is 2.60 bits per heavy atom. The van der Waals surface area contributed by atoms with Crippen molar-refractivity contribution >= 4 is 44.3 Å². The van der Waals surface area contributed by atoms with Crippen molar-refractivity contribution in [1.82, 2.24) is 15.0 Å². The first-order valence-corrected chi connectivity index (χ1v) is 11.5. The average Bonchev–Trinajstić information content (AvgIpc) is 2.63. The van der Waals surface area contributed by atoms with E-state index in [4.69, 9.17) is 11.6 Å². The maximum absolute atomic E-state index is 12.3. The van der Waals surface area contributed by atoms with E-state index in [0.29, 0.717) is 16.1 Å². The maximum atomic E-state index is 12.3. The normalized spacial score (nSPS) is 12.2. The highest BCUT2D eigenvalue weighted by Gasteiger charge is 2.25. The fraction of sp³-hybridized carbons (Fsp3) is 0.350. The number of aromatic amines is 1. The van der Waals surface area contributed by atoms with Gasteiger partial charge in [-0.25, -0.2) is 13.4 Å². The predicted octanol–water partition coefficient (Wildman–Crippen LogP) is 3.40. The molecule has 0 aliphatic heterocycles. The van der Waals surface area contributed by atoms with E-state index in [-0.39, 0.29) is 35.8 Å². The van der Waals surface area contributed by atoms with Gasteiger partial charge >= 0.3 is 0 Å². The molecule has 3 aromatic rings. The van der Waals surface area contributed by atoms with Gasteiger partial charge in [0.15, 0.2) is 0 Å². The van der Waals surface area contributed by atoms with Crippen LogP contribution < -0.4 is 15.2 Å². The minimum atomic E-state index is -3.52. The minimum Gasteiger partial charge on any atom is -0.350 e. The summed E-state index contributed by atoms with van der Waals surface area (Å²) in [5.74, 6) is 0.491. The zero-order chi connectivity index (χ0) is 22.1. The van der Waals surface area contributed by atoms with Crippen molar-refractivity contribution in [2.45, 2.75) is 27.3 Å². The van der Waals surface area contributed by atoms with Gasteiger partial charge in [0.05, 0.1) is 6.26 Å². The SMILES string of the molecule is CC(C)(C)CN(c1ccnc(NCc2cc3cc(Cl)ccc3[nH]c2=O)n1)S(C)(=O)=O. The first-order chi connectivity index (χ1) is 13.9. The Balaban J connectivity index is 1.86. The van der Waals surface area contributed by atoms with Gasteiger partial charge in [-0.2, -0.15) is 4.98 Å². The molecule has 0 saturated carbocycles. The molecule has 2 N–H and O–H groups in total. The highest BCUT2D eigenvalue weighted by atomic mass is 35.5. The number of H-pyrrole nitrogens is 1. The molecule has 0 fully saturated rings. The molecule has 8 nitrogen and oxygen atoms in total. The summed E-state index contributed by atoms with van der Waals surface area (Å²) in [5.41, 5.74) is 0.672. The van der Waals surface area contributed by atoms with E-state index >= 15 is 0 Å². The summed E-state index contributed by atoms with van der Waals surface area (Å²) >= 11 is 6.03. The number of pyridine rings is 1.